The highest BCUT2D eigenvalue weighted by Crippen LogP contribution is 2.19. The molecule has 0 radical (unpaired) electrons. The number of piperidine rings is 1. The van der Waals surface area contributed by atoms with E-state index in [1.54, 1.807) is 12.1 Å². The average Bonchev–Trinajstić information content (AvgIpc) is 2.48. The summed E-state index contributed by atoms with van der Waals surface area (Å²) in [5, 5.41) is 3.41. The van der Waals surface area contributed by atoms with Crippen molar-refractivity contribution in [3.63, 3.8) is 0 Å². The van der Waals surface area contributed by atoms with Crippen molar-refractivity contribution in [2.75, 3.05) is 38.6 Å². The number of nitrogens with zero attached hydrogens (tertiary/aromatic N) is 1. The Morgan fingerprint density at radius 2 is 2.05 bits per heavy atom. The number of hydrogen-bond acceptors (Lipinski definition) is 4. The second kappa shape index (κ2) is 6.56. The Hall–Kier alpha value is -1.11. The van der Waals surface area contributed by atoms with Crippen molar-refractivity contribution in [2.45, 2.75) is 17.7 Å². The fourth-order valence-electron chi connectivity index (χ4n) is 2.57. The van der Waals surface area contributed by atoms with Gasteiger partial charge in [-0.2, -0.15) is 0 Å². The summed E-state index contributed by atoms with van der Waals surface area (Å²) in [4.78, 5) is 2.49. The van der Waals surface area contributed by atoms with E-state index < -0.39 is 10.0 Å². The molecule has 0 amide bonds. The molecule has 1 saturated heterocycles. The van der Waals surface area contributed by atoms with Crippen LogP contribution in [0.5, 0.6) is 0 Å². The molecule has 2 rings (SSSR count). The van der Waals surface area contributed by atoms with Gasteiger partial charge in [-0.25, -0.2) is 13.1 Å². The third kappa shape index (κ3) is 3.71. The number of hydrogen-bond donors (Lipinski definition) is 2. The molecule has 1 aliphatic rings. The molecule has 20 heavy (non-hydrogen) atoms. The van der Waals surface area contributed by atoms with Gasteiger partial charge < -0.3 is 10.2 Å². The van der Waals surface area contributed by atoms with Crippen LogP contribution in [0.3, 0.4) is 0 Å². The fraction of sp³-hybridized carbons (Fsp3) is 0.571. The van der Waals surface area contributed by atoms with Crippen molar-refractivity contribution in [3.05, 3.63) is 24.3 Å². The largest absolute Gasteiger partial charge is 0.374 e. The molecule has 1 heterocycles. The van der Waals surface area contributed by atoms with E-state index >= 15 is 0 Å². The molecule has 0 saturated carbocycles. The molecule has 0 aliphatic carbocycles. The number of anilines is 1. The maximum atomic E-state index is 11.7. The molecule has 1 aromatic rings. The molecule has 1 aliphatic heterocycles. The smallest absolute Gasteiger partial charge is 0.240 e. The van der Waals surface area contributed by atoms with Crippen LogP contribution in [0.25, 0.3) is 0 Å². The van der Waals surface area contributed by atoms with Gasteiger partial charge in [0, 0.05) is 19.3 Å². The van der Waals surface area contributed by atoms with Crippen LogP contribution >= 0.6 is 0 Å². The van der Waals surface area contributed by atoms with Crippen molar-refractivity contribution in [1.82, 2.24) is 10.0 Å². The molecule has 0 aromatic heterocycles. The zero-order chi connectivity index (χ0) is 14.6. The van der Waals surface area contributed by atoms with Crippen molar-refractivity contribution < 1.29 is 8.42 Å². The zero-order valence-electron chi connectivity index (χ0n) is 12.1. The maximum absolute atomic E-state index is 11.7. The van der Waals surface area contributed by atoms with Crippen LogP contribution in [0, 0.1) is 5.92 Å². The minimum Gasteiger partial charge on any atom is -0.374 e. The predicted octanol–water partition coefficient (Wildman–Crippen LogP) is 1.03. The summed E-state index contributed by atoms with van der Waals surface area (Å²) >= 11 is 0. The quantitative estimate of drug-likeness (QED) is 0.852. The summed E-state index contributed by atoms with van der Waals surface area (Å²) in [7, 11) is 0.127. The molecular formula is C14H23N3O2S. The Morgan fingerprint density at radius 1 is 1.35 bits per heavy atom. The first-order valence-electron chi connectivity index (χ1n) is 6.98. The predicted molar refractivity (Wildman–Crippen MR) is 81.6 cm³/mol. The lowest BCUT2D eigenvalue weighted by atomic mass is 9.99. The topological polar surface area (TPSA) is 61.4 Å². The first-order chi connectivity index (χ1) is 9.53. The Kier molecular flexibility index (Phi) is 5.01. The number of benzene rings is 1. The molecule has 1 unspecified atom stereocenters. The van der Waals surface area contributed by atoms with Crippen LogP contribution in [0.15, 0.2) is 29.2 Å². The highest BCUT2D eigenvalue weighted by Gasteiger charge is 2.16. The highest BCUT2D eigenvalue weighted by atomic mass is 32.2. The van der Waals surface area contributed by atoms with Gasteiger partial charge in [-0.05, 0) is 63.2 Å². The number of sulfonamides is 1. The third-order valence-corrected chi connectivity index (χ3v) is 5.22. The molecule has 6 heteroatoms. The van der Waals surface area contributed by atoms with Crippen LogP contribution in [0.4, 0.5) is 5.69 Å². The van der Waals surface area contributed by atoms with Gasteiger partial charge in [-0.1, -0.05) is 0 Å². The average molecular weight is 297 g/mol. The Morgan fingerprint density at radius 3 is 2.60 bits per heavy atom. The van der Waals surface area contributed by atoms with Gasteiger partial charge in [0.15, 0.2) is 0 Å². The van der Waals surface area contributed by atoms with E-state index in [0.717, 1.165) is 25.3 Å². The Balaban J connectivity index is 2.02. The van der Waals surface area contributed by atoms with Crippen LogP contribution in [0.1, 0.15) is 12.8 Å². The van der Waals surface area contributed by atoms with E-state index in [9.17, 15) is 8.42 Å². The highest BCUT2D eigenvalue weighted by molar-refractivity contribution is 7.89. The standard InChI is InChI=1S/C14H23N3O2S/c1-15-20(18,19)14-7-5-13(6-8-14)17(2)11-12-4-3-9-16-10-12/h5-8,12,15-16H,3-4,9-11H2,1-2H3. The molecule has 0 bridgehead atoms. The maximum Gasteiger partial charge on any atom is 0.240 e. The zero-order valence-corrected chi connectivity index (χ0v) is 12.9. The van der Waals surface area contributed by atoms with Gasteiger partial charge in [-0.15, -0.1) is 0 Å². The summed E-state index contributed by atoms with van der Waals surface area (Å²) in [6.45, 7) is 3.18. The molecule has 1 fully saturated rings. The molecule has 112 valence electrons. The number of nitrogens with one attached hydrogen (secondary N) is 2. The molecule has 2 N–H and O–H groups in total. The van der Waals surface area contributed by atoms with Crippen LogP contribution in [0.2, 0.25) is 0 Å². The van der Waals surface area contributed by atoms with Gasteiger partial charge in [-0.3, -0.25) is 0 Å². The summed E-state index contributed by atoms with van der Waals surface area (Å²) < 4.78 is 25.7. The van der Waals surface area contributed by atoms with Crippen molar-refractivity contribution in [1.29, 1.82) is 0 Å². The van der Waals surface area contributed by atoms with Crippen molar-refractivity contribution >= 4 is 15.7 Å². The SMILES string of the molecule is CNS(=O)(=O)c1ccc(N(C)CC2CCCNC2)cc1. The minimum atomic E-state index is -3.35. The van der Waals surface area contributed by atoms with Gasteiger partial charge >= 0.3 is 0 Å². The Bertz CT molecular complexity index is 522. The molecule has 1 aromatic carbocycles. The molecular weight excluding hydrogens is 274 g/mol. The number of rotatable bonds is 5. The Labute approximate surface area is 121 Å². The van der Waals surface area contributed by atoms with Crippen LogP contribution in [-0.2, 0) is 10.0 Å². The lowest BCUT2D eigenvalue weighted by Crippen LogP contribution is -2.36. The van der Waals surface area contributed by atoms with E-state index in [2.05, 4.69) is 22.0 Å². The third-order valence-electron chi connectivity index (χ3n) is 3.79. The summed E-state index contributed by atoms with van der Waals surface area (Å²) in [6.07, 6.45) is 2.49. The minimum absolute atomic E-state index is 0.302. The van der Waals surface area contributed by atoms with Crippen molar-refractivity contribution in [3.8, 4) is 0 Å². The first kappa shape index (κ1) is 15.3. The normalized spacial score (nSPS) is 19.8. The summed E-state index contributed by atoms with van der Waals surface area (Å²) in [6, 6.07) is 7.02. The van der Waals surface area contributed by atoms with E-state index in [4.69, 9.17) is 0 Å². The lowest BCUT2D eigenvalue weighted by molar-refractivity contribution is 0.381. The van der Waals surface area contributed by atoms with Gasteiger partial charge in [0.2, 0.25) is 10.0 Å². The van der Waals surface area contributed by atoms with E-state index in [1.807, 2.05) is 12.1 Å². The van der Waals surface area contributed by atoms with Gasteiger partial charge in [0.05, 0.1) is 4.90 Å². The monoisotopic (exact) mass is 297 g/mol. The van der Waals surface area contributed by atoms with Crippen LogP contribution < -0.4 is 14.9 Å². The summed E-state index contributed by atoms with van der Waals surface area (Å²) in [5.74, 6) is 0.662. The lowest BCUT2D eigenvalue weighted by Gasteiger charge is -2.29. The van der Waals surface area contributed by atoms with Crippen molar-refractivity contribution in [2.24, 2.45) is 5.92 Å². The van der Waals surface area contributed by atoms with E-state index in [1.165, 1.54) is 19.9 Å². The summed E-state index contributed by atoms with van der Waals surface area (Å²) in [5.41, 5.74) is 1.05. The van der Waals surface area contributed by atoms with Gasteiger partial charge in [0.1, 0.15) is 0 Å². The van der Waals surface area contributed by atoms with Gasteiger partial charge in [0.25, 0.3) is 0 Å². The van der Waals surface area contributed by atoms with E-state index in [0.29, 0.717) is 10.8 Å². The van der Waals surface area contributed by atoms with E-state index in [-0.39, 0.29) is 0 Å². The molecule has 1 atom stereocenters. The van der Waals surface area contributed by atoms with Crippen LogP contribution in [-0.4, -0.2) is 42.1 Å². The first-order valence-corrected chi connectivity index (χ1v) is 8.47. The molecule has 5 nitrogen and oxygen atoms in total. The second-order valence-corrected chi connectivity index (χ2v) is 7.18. The fourth-order valence-corrected chi connectivity index (χ4v) is 3.30. The second-order valence-electron chi connectivity index (χ2n) is 5.29. The molecule has 0 spiro atoms.